The first kappa shape index (κ1) is 20.9. The second kappa shape index (κ2) is 8.83. The van der Waals surface area contributed by atoms with E-state index in [0.717, 1.165) is 11.3 Å². The molecule has 0 fully saturated rings. The number of benzene rings is 2. The number of amides is 1. The van der Waals surface area contributed by atoms with Crippen molar-refractivity contribution < 1.29 is 14.3 Å². The molecule has 7 heteroatoms. The highest BCUT2D eigenvalue weighted by molar-refractivity contribution is 6.33. The van der Waals surface area contributed by atoms with E-state index in [1.807, 2.05) is 32.9 Å². The first-order valence-electron chi connectivity index (χ1n) is 7.53. The Balaban J connectivity index is 0.00000312. The standard InChI is InChI=1S/C18H21ClN2O3.ClH/c1-10(2)24-16-6-5-12(7-11(16)3)21-18(22)13-8-14(19)15(20)9-17(13)23-4;/h5-10H,20H2,1-4H3,(H,21,22);1H. The van der Waals surface area contributed by atoms with Crippen LogP contribution in [-0.2, 0) is 0 Å². The van der Waals surface area contributed by atoms with Gasteiger partial charge in [0.05, 0.1) is 29.5 Å². The fraction of sp³-hybridized carbons (Fsp3) is 0.278. The van der Waals surface area contributed by atoms with E-state index < -0.39 is 0 Å². The number of nitrogens with one attached hydrogen (secondary N) is 1. The maximum Gasteiger partial charge on any atom is 0.259 e. The molecule has 3 N–H and O–H groups in total. The highest BCUT2D eigenvalue weighted by atomic mass is 35.5. The molecule has 0 heterocycles. The Morgan fingerprint density at radius 3 is 2.44 bits per heavy atom. The van der Waals surface area contributed by atoms with Gasteiger partial charge in [-0.1, -0.05) is 11.6 Å². The molecule has 0 aromatic heterocycles. The van der Waals surface area contributed by atoms with Gasteiger partial charge < -0.3 is 20.5 Å². The van der Waals surface area contributed by atoms with E-state index in [0.29, 0.717) is 27.7 Å². The number of nitrogens with two attached hydrogens (primary N) is 1. The molecule has 0 saturated heterocycles. The van der Waals surface area contributed by atoms with Gasteiger partial charge in [-0.05, 0) is 50.6 Å². The third-order valence-electron chi connectivity index (χ3n) is 3.36. The van der Waals surface area contributed by atoms with Crippen LogP contribution in [0.1, 0.15) is 29.8 Å². The van der Waals surface area contributed by atoms with Gasteiger partial charge in [0.25, 0.3) is 5.91 Å². The third kappa shape index (κ3) is 5.18. The smallest absolute Gasteiger partial charge is 0.259 e. The minimum absolute atomic E-state index is 0. The van der Waals surface area contributed by atoms with Crippen molar-refractivity contribution >= 4 is 41.3 Å². The SMILES string of the molecule is COc1cc(N)c(Cl)cc1C(=O)Nc1ccc(OC(C)C)c(C)c1.Cl. The van der Waals surface area contributed by atoms with Crippen LogP contribution in [-0.4, -0.2) is 19.1 Å². The molecule has 0 unspecified atom stereocenters. The first-order chi connectivity index (χ1) is 11.3. The number of carbonyl (C=O) groups excluding carboxylic acids is 1. The van der Waals surface area contributed by atoms with Gasteiger partial charge in [-0.25, -0.2) is 0 Å². The predicted octanol–water partition coefficient (Wildman–Crippen LogP) is 4.70. The molecule has 0 aliphatic carbocycles. The third-order valence-corrected chi connectivity index (χ3v) is 3.69. The molecule has 5 nitrogen and oxygen atoms in total. The minimum atomic E-state index is -0.328. The lowest BCUT2D eigenvalue weighted by atomic mass is 10.1. The highest BCUT2D eigenvalue weighted by Crippen LogP contribution is 2.30. The van der Waals surface area contributed by atoms with Crippen LogP contribution < -0.4 is 20.5 Å². The molecule has 0 atom stereocenters. The summed E-state index contributed by atoms with van der Waals surface area (Å²) < 4.78 is 10.9. The fourth-order valence-electron chi connectivity index (χ4n) is 2.23. The Kier molecular flexibility index (Phi) is 7.39. The molecule has 0 bridgehead atoms. The summed E-state index contributed by atoms with van der Waals surface area (Å²) in [5.74, 6) is 0.827. The van der Waals surface area contributed by atoms with E-state index in [1.54, 1.807) is 6.07 Å². The Morgan fingerprint density at radius 2 is 1.88 bits per heavy atom. The molecule has 25 heavy (non-hydrogen) atoms. The summed E-state index contributed by atoms with van der Waals surface area (Å²) in [6.45, 7) is 5.85. The number of halogens is 2. The first-order valence-corrected chi connectivity index (χ1v) is 7.91. The number of methoxy groups -OCH3 is 1. The zero-order chi connectivity index (χ0) is 17.9. The summed E-state index contributed by atoms with van der Waals surface area (Å²) in [5, 5.41) is 3.13. The zero-order valence-electron chi connectivity index (χ0n) is 14.6. The van der Waals surface area contributed by atoms with Crippen molar-refractivity contribution in [2.45, 2.75) is 26.9 Å². The van der Waals surface area contributed by atoms with Crippen LogP contribution in [0.15, 0.2) is 30.3 Å². The maximum atomic E-state index is 12.5. The average molecular weight is 385 g/mol. The highest BCUT2D eigenvalue weighted by Gasteiger charge is 2.16. The van der Waals surface area contributed by atoms with Crippen molar-refractivity contribution in [3.8, 4) is 11.5 Å². The normalized spacial score (nSPS) is 10.2. The maximum absolute atomic E-state index is 12.5. The largest absolute Gasteiger partial charge is 0.496 e. The van der Waals surface area contributed by atoms with E-state index in [9.17, 15) is 4.79 Å². The summed E-state index contributed by atoms with van der Waals surface area (Å²) in [4.78, 5) is 12.5. The number of aryl methyl sites for hydroxylation is 1. The van der Waals surface area contributed by atoms with Gasteiger partial charge in [-0.15, -0.1) is 12.4 Å². The molecule has 136 valence electrons. The summed E-state index contributed by atoms with van der Waals surface area (Å²) in [7, 11) is 1.47. The summed E-state index contributed by atoms with van der Waals surface area (Å²) >= 11 is 6.01. The number of nitrogen functional groups attached to an aromatic ring is 1. The van der Waals surface area contributed by atoms with Gasteiger partial charge in [0.15, 0.2) is 0 Å². The molecular formula is C18H22Cl2N2O3. The van der Waals surface area contributed by atoms with Crippen LogP contribution in [0.4, 0.5) is 11.4 Å². The Labute approximate surface area is 158 Å². The number of hydrogen-bond donors (Lipinski definition) is 2. The van der Waals surface area contributed by atoms with E-state index in [4.69, 9.17) is 26.8 Å². The molecule has 0 spiro atoms. The van der Waals surface area contributed by atoms with Crippen LogP contribution >= 0.6 is 24.0 Å². The lowest BCUT2D eigenvalue weighted by Crippen LogP contribution is -2.14. The van der Waals surface area contributed by atoms with E-state index in [2.05, 4.69) is 5.32 Å². The topological polar surface area (TPSA) is 73.6 Å². The number of ether oxygens (including phenoxy) is 2. The lowest BCUT2D eigenvalue weighted by Gasteiger charge is -2.14. The summed E-state index contributed by atoms with van der Waals surface area (Å²) in [5.41, 5.74) is 8.00. The number of carbonyl (C=O) groups is 1. The van der Waals surface area contributed by atoms with E-state index >= 15 is 0 Å². The summed E-state index contributed by atoms with van der Waals surface area (Å²) in [6, 6.07) is 8.49. The summed E-state index contributed by atoms with van der Waals surface area (Å²) in [6.07, 6.45) is 0.0883. The van der Waals surface area contributed by atoms with Crippen LogP contribution in [0, 0.1) is 6.92 Å². The number of hydrogen-bond acceptors (Lipinski definition) is 4. The molecule has 2 rings (SSSR count). The predicted molar refractivity (Wildman–Crippen MR) is 105 cm³/mol. The number of anilines is 2. The van der Waals surface area contributed by atoms with Gasteiger partial charge >= 0.3 is 0 Å². The second-order valence-corrected chi connectivity index (χ2v) is 6.08. The molecule has 1 amide bonds. The van der Waals surface area contributed by atoms with Crippen molar-refractivity contribution in [1.29, 1.82) is 0 Å². The molecule has 0 saturated carbocycles. The van der Waals surface area contributed by atoms with Gasteiger partial charge in [0.2, 0.25) is 0 Å². The zero-order valence-corrected chi connectivity index (χ0v) is 16.1. The van der Waals surface area contributed by atoms with Crippen LogP contribution in [0.5, 0.6) is 11.5 Å². The fourth-order valence-corrected chi connectivity index (χ4v) is 2.39. The van der Waals surface area contributed by atoms with Gasteiger partial charge in [0, 0.05) is 11.8 Å². The average Bonchev–Trinajstić information content (AvgIpc) is 2.51. The molecule has 0 radical (unpaired) electrons. The quantitative estimate of drug-likeness (QED) is 0.732. The van der Waals surface area contributed by atoms with Crippen molar-refractivity contribution in [3.05, 3.63) is 46.5 Å². The van der Waals surface area contributed by atoms with Gasteiger partial charge in [-0.3, -0.25) is 4.79 Å². The molecule has 0 aliphatic rings. The van der Waals surface area contributed by atoms with Crippen molar-refractivity contribution in [1.82, 2.24) is 0 Å². The van der Waals surface area contributed by atoms with Crippen molar-refractivity contribution in [2.24, 2.45) is 0 Å². The van der Waals surface area contributed by atoms with Crippen molar-refractivity contribution in [3.63, 3.8) is 0 Å². The van der Waals surface area contributed by atoms with Crippen LogP contribution in [0.2, 0.25) is 5.02 Å². The van der Waals surface area contributed by atoms with Gasteiger partial charge in [0.1, 0.15) is 11.5 Å². The second-order valence-electron chi connectivity index (χ2n) is 5.68. The van der Waals surface area contributed by atoms with Crippen LogP contribution in [0.3, 0.4) is 0 Å². The van der Waals surface area contributed by atoms with Gasteiger partial charge in [-0.2, -0.15) is 0 Å². The van der Waals surface area contributed by atoms with Crippen LogP contribution in [0.25, 0.3) is 0 Å². The lowest BCUT2D eigenvalue weighted by molar-refractivity contribution is 0.102. The minimum Gasteiger partial charge on any atom is -0.496 e. The Morgan fingerprint density at radius 1 is 1.20 bits per heavy atom. The van der Waals surface area contributed by atoms with E-state index in [1.165, 1.54) is 19.2 Å². The molecule has 2 aromatic carbocycles. The number of rotatable bonds is 5. The molecule has 0 aliphatic heterocycles. The molecular weight excluding hydrogens is 363 g/mol. The Hall–Kier alpha value is -2.11. The molecule has 2 aromatic rings. The Bertz CT molecular complexity index is 764. The van der Waals surface area contributed by atoms with E-state index in [-0.39, 0.29) is 24.4 Å². The monoisotopic (exact) mass is 384 g/mol. The van der Waals surface area contributed by atoms with Crippen molar-refractivity contribution in [2.75, 3.05) is 18.2 Å².